The second-order valence-corrected chi connectivity index (χ2v) is 5.37. The van der Waals surface area contributed by atoms with Crippen LogP contribution in [-0.4, -0.2) is 18.1 Å². The number of carbonyl (C=O) groups excluding carboxylic acids is 1. The van der Waals surface area contributed by atoms with E-state index in [1.165, 1.54) is 0 Å². The molecule has 0 saturated carbocycles. The fourth-order valence-corrected chi connectivity index (χ4v) is 1.96. The van der Waals surface area contributed by atoms with Crippen molar-refractivity contribution in [3.8, 4) is 5.75 Å². The van der Waals surface area contributed by atoms with E-state index in [0.717, 1.165) is 17.7 Å². The summed E-state index contributed by atoms with van der Waals surface area (Å²) in [6.07, 6.45) is 1.26. The number of nitrogens with one attached hydrogen (secondary N) is 1. The average molecular weight is 278 g/mol. The number of para-hydroxylation sites is 1. The molecule has 0 heterocycles. The Balaban J connectivity index is 2.72. The van der Waals surface area contributed by atoms with E-state index in [0.29, 0.717) is 6.42 Å². The molecule has 4 heteroatoms. The van der Waals surface area contributed by atoms with Crippen molar-refractivity contribution in [3.05, 3.63) is 29.8 Å². The summed E-state index contributed by atoms with van der Waals surface area (Å²) in [6.45, 7) is 7.91. The maximum absolute atomic E-state index is 11.9. The van der Waals surface area contributed by atoms with Crippen LogP contribution in [0, 0.1) is 0 Å². The molecule has 0 radical (unpaired) electrons. The molecule has 20 heavy (non-hydrogen) atoms. The van der Waals surface area contributed by atoms with Gasteiger partial charge in [0.25, 0.3) is 0 Å². The zero-order valence-corrected chi connectivity index (χ0v) is 12.8. The van der Waals surface area contributed by atoms with Crippen molar-refractivity contribution in [3.63, 3.8) is 0 Å². The summed E-state index contributed by atoms with van der Waals surface area (Å²) in [5, 5.41) is 2.98. The SMILES string of the molecule is CCC(N)CC(=O)NC(C)c1ccccc1OC(C)C. The molecule has 0 fully saturated rings. The minimum atomic E-state index is -0.0958. The first-order valence-corrected chi connectivity index (χ1v) is 7.24. The fourth-order valence-electron chi connectivity index (χ4n) is 1.96. The van der Waals surface area contributed by atoms with Crippen LogP contribution in [0.3, 0.4) is 0 Å². The minimum absolute atomic E-state index is 0.0220. The van der Waals surface area contributed by atoms with Crippen LogP contribution in [0.25, 0.3) is 0 Å². The average Bonchev–Trinajstić information content (AvgIpc) is 2.38. The van der Waals surface area contributed by atoms with Gasteiger partial charge in [-0.1, -0.05) is 25.1 Å². The van der Waals surface area contributed by atoms with Crippen molar-refractivity contribution < 1.29 is 9.53 Å². The van der Waals surface area contributed by atoms with Gasteiger partial charge in [0.2, 0.25) is 5.91 Å². The Morgan fingerprint density at radius 2 is 1.95 bits per heavy atom. The second-order valence-electron chi connectivity index (χ2n) is 5.37. The van der Waals surface area contributed by atoms with Gasteiger partial charge in [0.1, 0.15) is 5.75 Å². The highest BCUT2D eigenvalue weighted by molar-refractivity contribution is 5.77. The van der Waals surface area contributed by atoms with Crippen LogP contribution in [0.2, 0.25) is 0 Å². The van der Waals surface area contributed by atoms with Gasteiger partial charge in [-0.05, 0) is 33.3 Å². The third-order valence-corrected chi connectivity index (χ3v) is 3.10. The van der Waals surface area contributed by atoms with Crippen LogP contribution < -0.4 is 15.8 Å². The zero-order valence-electron chi connectivity index (χ0n) is 12.8. The standard InChI is InChI=1S/C16H26N2O2/c1-5-13(17)10-16(19)18-12(4)14-8-6-7-9-15(14)20-11(2)3/h6-9,11-13H,5,10,17H2,1-4H3,(H,18,19). The number of carbonyl (C=O) groups is 1. The predicted molar refractivity (Wildman–Crippen MR) is 81.6 cm³/mol. The molecular formula is C16H26N2O2. The number of hydrogen-bond acceptors (Lipinski definition) is 3. The predicted octanol–water partition coefficient (Wildman–Crippen LogP) is 2.78. The van der Waals surface area contributed by atoms with Gasteiger partial charge in [0.15, 0.2) is 0 Å². The molecule has 0 aliphatic heterocycles. The molecule has 0 saturated heterocycles. The van der Waals surface area contributed by atoms with E-state index in [-0.39, 0.29) is 24.1 Å². The van der Waals surface area contributed by atoms with E-state index < -0.39 is 0 Å². The molecule has 4 nitrogen and oxygen atoms in total. The Kier molecular flexibility index (Phi) is 6.52. The molecule has 1 aromatic rings. The van der Waals surface area contributed by atoms with Gasteiger partial charge >= 0.3 is 0 Å². The molecule has 1 aromatic carbocycles. The first-order chi connectivity index (χ1) is 9.43. The van der Waals surface area contributed by atoms with Gasteiger partial charge in [-0.15, -0.1) is 0 Å². The highest BCUT2D eigenvalue weighted by atomic mass is 16.5. The molecule has 112 valence electrons. The third kappa shape index (κ3) is 5.21. The topological polar surface area (TPSA) is 64.4 Å². The van der Waals surface area contributed by atoms with Gasteiger partial charge in [-0.2, -0.15) is 0 Å². The summed E-state index contributed by atoms with van der Waals surface area (Å²) in [5.41, 5.74) is 6.78. The van der Waals surface area contributed by atoms with E-state index in [1.807, 2.05) is 52.0 Å². The molecule has 0 aromatic heterocycles. The monoisotopic (exact) mass is 278 g/mol. The molecule has 1 rings (SSSR count). The molecule has 0 aliphatic carbocycles. The summed E-state index contributed by atoms with van der Waals surface area (Å²) in [5.74, 6) is 0.793. The Bertz CT molecular complexity index is 432. The van der Waals surface area contributed by atoms with Crippen LogP contribution in [0.5, 0.6) is 5.75 Å². The highest BCUT2D eigenvalue weighted by Crippen LogP contribution is 2.25. The van der Waals surface area contributed by atoms with Crippen molar-refractivity contribution in [1.29, 1.82) is 0 Å². The normalized spacial score (nSPS) is 13.9. The van der Waals surface area contributed by atoms with Crippen LogP contribution in [0.4, 0.5) is 0 Å². The summed E-state index contributed by atoms with van der Waals surface area (Å²) in [4.78, 5) is 11.9. The summed E-state index contributed by atoms with van der Waals surface area (Å²) >= 11 is 0. The molecule has 0 bridgehead atoms. The maximum atomic E-state index is 11.9. The largest absolute Gasteiger partial charge is 0.491 e. The highest BCUT2D eigenvalue weighted by Gasteiger charge is 2.15. The third-order valence-electron chi connectivity index (χ3n) is 3.10. The van der Waals surface area contributed by atoms with E-state index in [1.54, 1.807) is 0 Å². The lowest BCUT2D eigenvalue weighted by Crippen LogP contribution is -2.33. The van der Waals surface area contributed by atoms with Crippen LogP contribution >= 0.6 is 0 Å². The number of hydrogen-bond donors (Lipinski definition) is 2. The minimum Gasteiger partial charge on any atom is -0.491 e. The van der Waals surface area contributed by atoms with Gasteiger partial charge in [-0.25, -0.2) is 0 Å². The molecular weight excluding hydrogens is 252 g/mol. The molecule has 2 unspecified atom stereocenters. The van der Waals surface area contributed by atoms with Crippen molar-refractivity contribution in [1.82, 2.24) is 5.32 Å². The van der Waals surface area contributed by atoms with Gasteiger partial charge in [0, 0.05) is 18.0 Å². The first-order valence-electron chi connectivity index (χ1n) is 7.24. The number of rotatable bonds is 7. The molecule has 3 N–H and O–H groups in total. The summed E-state index contributed by atoms with van der Waals surface area (Å²) < 4.78 is 5.77. The fraction of sp³-hybridized carbons (Fsp3) is 0.562. The van der Waals surface area contributed by atoms with Crippen molar-refractivity contribution in [2.75, 3.05) is 0 Å². The summed E-state index contributed by atoms with van der Waals surface area (Å²) in [6, 6.07) is 7.61. The van der Waals surface area contributed by atoms with Gasteiger partial charge in [0.05, 0.1) is 12.1 Å². The molecule has 0 spiro atoms. The maximum Gasteiger partial charge on any atom is 0.222 e. The van der Waals surface area contributed by atoms with Crippen molar-refractivity contribution in [2.45, 2.75) is 58.7 Å². The molecule has 1 amide bonds. The van der Waals surface area contributed by atoms with E-state index in [9.17, 15) is 4.79 Å². The number of amides is 1. The van der Waals surface area contributed by atoms with Crippen molar-refractivity contribution >= 4 is 5.91 Å². The quantitative estimate of drug-likeness (QED) is 0.806. The first kappa shape index (κ1) is 16.5. The Morgan fingerprint density at radius 3 is 2.55 bits per heavy atom. The lowest BCUT2D eigenvalue weighted by Gasteiger charge is -2.20. The van der Waals surface area contributed by atoms with E-state index in [4.69, 9.17) is 10.5 Å². The Hall–Kier alpha value is -1.55. The van der Waals surface area contributed by atoms with Crippen LogP contribution in [0.1, 0.15) is 52.1 Å². The lowest BCUT2D eigenvalue weighted by molar-refractivity contribution is -0.122. The smallest absolute Gasteiger partial charge is 0.222 e. The molecule has 0 aliphatic rings. The Labute approximate surface area is 121 Å². The van der Waals surface area contributed by atoms with Crippen LogP contribution in [0.15, 0.2) is 24.3 Å². The Morgan fingerprint density at radius 1 is 1.30 bits per heavy atom. The summed E-state index contributed by atoms with van der Waals surface area (Å²) in [7, 11) is 0. The second kappa shape index (κ2) is 7.90. The number of benzene rings is 1. The van der Waals surface area contributed by atoms with Crippen LogP contribution in [-0.2, 0) is 4.79 Å². The van der Waals surface area contributed by atoms with Gasteiger partial charge in [-0.3, -0.25) is 4.79 Å². The zero-order chi connectivity index (χ0) is 15.1. The van der Waals surface area contributed by atoms with E-state index >= 15 is 0 Å². The lowest BCUT2D eigenvalue weighted by atomic mass is 10.1. The van der Waals surface area contributed by atoms with E-state index in [2.05, 4.69) is 5.32 Å². The number of ether oxygens (including phenoxy) is 1. The molecule has 2 atom stereocenters. The van der Waals surface area contributed by atoms with Crippen molar-refractivity contribution in [2.24, 2.45) is 5.73 Å². The van der Waals surface area contributed by atoms with Gasteiger partial charge < -0.3 is 15.8 Å². The number of nitrogens with two attached hydrogens (primary N) is 1.